The molecule has 3 rings (SSSR count). The zero-order valence-corrected chi connectivity index (χ0v) is 15.5. The molecule has 2 aromatic carbocycles. The van der Waals surface area contributed by atoms with Gasteiger partial charge in [0.05, 0.1) is 0 Å². The molecule has 2 aromatic rings. The molecule has 136 valence electrons. The number of anilines is 2. The molecule has 0 aliphatic carbocycles. The zero-order valence-electron chi connectivity index (χ0n) is 15.5. The maximum absolute atomic E-state index is 11.8. The molecule has 0 bridgehead atoms. The van der Waals surface area contributed by atoms with Gasteiger partial charge >= 0.3 is 0 Å². The van der Waals surface area contributed by atoms with Gasteiger partial charge in [0, 0.05) is 37.9 Å². The van der Waals surface area contributed by atoms with Crippen LogP contribution in [0, 0.1) is 0 Å². The van der Waals surface area contributed by atoms with Crippen molar-refractivity contribution in [2.75, 3.05) is 23.8 Å². The molecule has 1 aliphatic rings. The smallest absolute Gasteiger partial charge is 0.224 e. The maximum Gasteiger partial charge on any atom is 0.224 e. The topological polar surface area (TPSA) is 56.7 Å². The number of benzene rings is 2. The largest absolute Gasteiger partial charge is 0.352 e. The SMILES string of the molecule is CCCC(=O)Nc1cccc(CNC(=NC)N2CCc3ccccc32)c1. The second kappa shape index (κ2) is 8.52. The number of hydrogen-bond donors (Lipinski definition) is 2. The first kappa shape index (κ1) is 18.0. The second-order valence-corrected chi connectivity index (χ2v) is 6.43. The van der Waals surface area contributed by atoms with Gasteiger partial charge in [0.25, 0.3) is 0 Å². The Morgan fingerprint density at radius 2 is 2.04 bits per heavy atom. The van der Waals surface area contributed by atoms with Gasteiger partial charge in [-0.05, 0) is 42.2 Å². The zero-order chi connectivity index (χ0) is 18.4. The molecule has 26 heavy (non-hydrogen) atoms. The van der Waals surface area contributed by atoms with Gasteiger partial charge in [-0.15, -0.1) is 0 Å². The molecule has 0 saturated carbocycles. The highest BCUT2D eigenvalue weighted by Crippen LogP contribution is 2.27. The van der Waals surface area contributed by atoms with Crippen molar-refractivity contribution in [1.29, 1.82) is 0 Å². The number of aliphatic imine (C=N–C) groups is 1. The molecule has 0 saturated heterocycles. The van der Waals surface area contributed by atoms with Gasteiger partial charge in [-0.25, -0.2) is 0 Å². The molecule has 1 aliphatic heterocycles. The monoisotopic (exact) mass is 350 g/mol. The van der Waals surface area contributed by atoms with Crippen LogP contribution in [-0.4, -0.2) is 25.5 Å². The predicted molar refractivity (Wildman–Crippen MR) is 108 cm³/mol. The molecule has 2 N–H and O–H groups in total. The number of rotatable bonds is 5. The van der Waals surface area contributed by atoms with E-state index in [2.05, 4.69) is 44.8 Å². The van der Waals surface area contributed by atoms with Crippen LogP contribution in [0.4, 0.5) is 11.4 Å². The van der Waals surface area contributed by atoms with E-state index in [0.29, 0.717) is 13.0 Å². The quantitative estimate of drug-likeness (QED) is 0.640. The molecular weight excluding hydrogens is 324 g/mol. The summed E-state index contributed by atoms with van der Waals surface area (Å²) in [6, 6.07) is 16.4. The van der Waals surface area contributed by atoms with E-state index in [0.717, 1.165) is 36.6 Å². The Labute approximate surface area is 155 Å². The molecule has 0 spiro atoms. The van der Waals surface area contributed by atoms with Gasteiger partial charge in [0.15, 0.2) is 5.96 Å². The molecule has 0 unspecified atom stereocenters. The Hall–Kier alpha value is -2.82. The first-order valence-corrected chi connectivity index (χ1v) is 9.16. The van der Waals surface area contributed by atoms with Crippen molar-refractivity contribution in [1.82, 2.24) is 5.32 Å². The van der Waals surface area contributed by atoms with E-state index in [-0.39, 0.29) is 5.91 Å². The Bertz CT molecular complexity index is 800. The summed E-state index contributed by atoms with van der Waals surface area (Å²) in [7, 11) is 1.81. The van der Waals surface area contributed by atoms with E-state index in [1.165, 1.54) is 11.3 Å². The van der Waals surface area contributed by atoms with E-state index in [9.17, 15) is 4.79 Å². The van der Waals surface area contributed by atoms with Crippen LogP contribution in [0.25, 0.3) is 0 Å². The van der Waals surface area contributed by atoms with Crippen molar-refractivity contribution in [2.45, 2.75) is 32.7 Å². The molecule has 1 heterocycles. The van der Waals surface area contributed by atoms with Crippen LogP contribution < -0.4 is 15.5 Å². The highest BCUT2D eigenvalue weighted by molar-refractivity contribution is 5.98. The van der Waals surface area contributed by atoms with Gasteiger partial charge in [-0.2, -0.15) is 0 Å². The lowest BCUT2D eigenvalue weighted by Crippen LogP contribution is -2.40. The van der Waals surface area contributed by atoms with Crippen LogP contribution in [0.3, 0.4) is 0 Å². The highest BCUT2D eigenvalue weighted by atomic mass is 16.1. The number of carbonyl (C=O) groups excluding carboxylic acids is 1. The molecule has 0 radical (unpaired) electrons. The third kappa shape index (κ3) is 4.23. The average Bonchev–Trinajstić information content (AvgIpc) is 3.07. The number of amides is 1. The molecular formula is C21H26N4O. The third-order valence-corrected chi connectivity index (χ3v) is 4.49. The molecule has 5 nitrogen and oxygen atoms in total. The lowest BCUT2D eigenvalue weighted by molar-refractivity contribution is -0.116. The summed E-state index contributed by atoms with van der Waals surface area (Å²) in [4.78, 5) is 18.4. The number of para-hydroxylation sites is 1. The minimum Gasteiger partial charge on any atom is -0.352 e. The minimum atomic E-state index is 0.0575. The Morgan fingerprint density at radius 1 is 1.19 bits per heavy atom. The van der Waals surface area contributed by atoms with Crippen molar-refractivity contribution in [3.63, 3.8) is 0 Å². The number of fused-ring (bicyclic) bond motifs is 1. The minimum absolute atomic E-state index is 0.0575. The summed E-state index contributed by atoms with van der Waals surface area (Å²) in [5.41, 5.74) is 4.52. The van der Waals surface area contributed by atoms with Crippen molar-refractivity contribution in [2.24, 2.45) is 4.99 Å². The summed E-state index contributed by atoms with van der Waals surface area (Å²) in [5.74, 6) is 0.928. The first-order valence-electron chi connectivity index (χ1n) is 9.16. The van der Waals surface area contributed by atoms with E-state index in [1.54, 1.807) is 0 Å². The molecule has 0 fully saturated rings. The normalized spacial score (nSPS) is 13.5. The van der Waals surface area contributed by atoms with Crippen LogP contribution in [0.5, 0.6) is 0 Å². The van der Waals surface area contributed by atoms with Crippen LogP contribution in [0.15, 0.2) is 53.5 Å². The number of hydrogen-bond acceptors (Lipinski definition) is 2. The van der Waals surface area contributed by atoms with Crippen molar-refractivity contribution >= 4 is 23.2 Å². The lowest BCUT2D eigenvalue weighted by Gasteiger charge is -2.22. The van der Waals surface area contributed by atoms with Gasteiger partial charge in [-0.1, -0.05) is 37.3 Å². The number of guanidine groups is 1. The van der Waals surface area contributed by atoms with Crippen molar-refractivity contribution in [3.8, 4) is 0 Å². The van der Waals surface area contributed by atoms with E-state index in [4.69, 9.17) is 0 Å². The van der Waals surface area contributed by atoms with Crippen molar-refractivity contribution in [3.05, 3.63) is 59.7 Å². The molecule has 0 atom stereocenters. The standard InChI is InChI=1S/C21H26N4O/c1-3-7-20(26)24-18-10-6-8-16(14-18)15-23-21(22-2)25-13-12-17-9-4-5-11-19(17)25/h4-6,8-11,14H,3,7,12-13,15H2,1-2H3,(H,22,23)(H,24,26). The summed E-state index contributed by atoms with van der Waals surface area (Å²) >= 11 is 0. The summed E-state index contributed by atoms with van der Waals surface area (Å²) in [6.45, 7) is 3.59. The van der Waals surface area contributed by atoms with Gasteiger partial charge in [0.1, 0.15) is 0 Å². The van der Waals surface area contributed by atoms with Crippen LogP contribution in [-0.2, 0) is 17.8 Å². The Kier molecular flexibility index (Phi) is 5.89. The fraction of sp³-hybridized carbons (Fsp3) is 0.333. The Balaban J connectivity index is 1.64. The molecule has 1 amide bonds. The number of nitrogens with one attached hydrogen (secondary N) is 2. The van der Waals surface area contributed by atoms with Gasteiger partial charge in [0.2, 0.25) is 5.91 Å². The lowest BCUT2D eigenvalue weighted by atomic mass is 10.2. The number of carbonyl (C=O) groups is 1. The molecule has 0 aromatic heterocycles. The fourth-order valence-electron chi connectivity index (χ4n) is 3.24. The van der Waals surface area contributed by atoms with Crippen LogP contribution >= 0.6 is 0 Å². The van der Waals surface area contributed by atoms with Crippen LogP contribution in [0.2, 0.25) is 0 Å². The first-order chi connectivity index (χ1) is 12.7. The summed E-state index contributed by atoms with van der Waals surface area (Å²) < 4.78 is 0. The maximum atomic E-state index is 11.8. The van der Waals surface area contributed by atoms with Crippen molar-refractivity contribution < 1.29 is 4.79 Å². The molecule has 5 heteroatoms. The summed E-state index contributed by atoms with van der Waals surface area (Å²) in [6.07, 6.45) is 2.43. The van der Waals surface area contributed by atoms with Crippen LogP contribution in [0.1, 0.15) is 30.9 Å². The fourth-order valence-corrected chi connectivity index (χ4v) is 3.24. The third-order valence-electron chi connectivity index (χ3n) is 4.49. The Morgan fingerprint density at radius 3 is 2.85 bits per heavy atom. The van der Waals surface area contributed by atoms with Gasteiger partial charge in [-0.3, -0.25) is 9.79 Å². The van der Waals surface area contributed by atoms with E-state index in [1.807, 2.05) is 38.2 Å². The highest BCUT2D eigenvalue weighted by Gasteiger charge is 2.22. The van der Waals surface area contributed by atoms with E-state index >= 15 is 0 Å². The number of nitrogens with zero attached hydrogens (tertiary/aromatic N) is 2. The van der Waals surface area contributed by atoms with Gasteiger partial charge < -0.3 is 15.5 Å². The summed E-state index contributed by atoms with van der Waals surface area (Å²) in [5, 5.41) is 6.38. The average molecular weight is 350 g/mol. The van der Waals surface area contributed by atoms with E-state index < -0.39 is 0 Å². The predicted octanol–water partition coefficient (Wildman–Crippen LogP) is 3.56. The second-order valence-electron chi connectivity index (χ2n) is 6.43.